The number of anilines is 2. The minimum atomic E-state index is -0.777. The Morgan fingerprint density at radius 2 is 2.14 bits per heavy atom. The normalized spacial score (nSPS) is 21.4. The van der Waals surface area contributed by atoms with Crippen molar-refractivity contribution >= 4 is 22.5 Å². The van der Waals surface area contributed by atoms with E-state index in [9.17, 15) is 10.4 Å². The van der Waals surface area contributed by atoms with Gasteiger partial charge in [0.1, 0.15) is 37.0 Å². The summed E-state index contributed by atoms with van der Waals surface area (Å²) in [5.74, 6) is 1.88. The number of aromatic amines is 1. The number of ether oxygens (including phenoxy) is 4. The highest BCUT2D eigenvalue weighted by Gasteiger charge is 2.35. The number of rotatable bonds is 8. The predicted molar refractivity (Wildman–Crippen MR) is 129 cm³/mol. The summed E-state index contributed by atoms with van der Waals surface area (Å²) in [4.78, 5) is 9.76. The highest BCUT2D eigenvalue weighted by atomic mass is 16.6. The molecule has 1 saturated heterocycles. The van der Waals surface area contributed by atoms with Crippen LogP contribution in [-0.2, 0) is 18.9 Å². The number of morpholine rings is 1. The van der Waals surface area contributed by atoms with E-state index in [-0.39, 0.29) is 6.04 Å². The predicted octanol–water partition coefficient (Wildman–Crippen LogP) is 1.51. The first-order valence-electron chi connectivity index (χ1n) is 11.8. The van der Waals surface area contributed by atoms with Gasteiger partial charge < -0.3 is 39.7 Å². The molecule has 0 amide bonds. The van der Waals surface area contributed by atoms with Crippen molar-refractivity contribution in [2.75, 3.05) is 70.4 Å². The molecule has 4 heterocycles. The van der Waals surface area contributed by atoms with Gasteiger partial charge in [0.15, 0.2) is 11.5 Å². The summed E-state index contributed by atoms with van der Waals surface area (Å²) < 4.78 is 22.6. The zero-order chi connectivity index (χ0) is 24.2. The monoisotopic (exact) mass is 482 g/mol. The lowest BCUT2D eigenvalue weighted by atomic mass is 9.96. The van der Waals surface area contributed by atoms with Gasteiger partial charge in [0.05, 0.1) is 42.5 Å². The largest absolute Gasteiger partial charge is 0.488 e. The van der Waals surface area contributed by atoms with Gasteiger partial charge in [-0.05, 0) is 6.42 Å². The lowest BCUT2D eigenvalue weighted by molar-refractivity contribution is -0.0461. The summed E-state index contributed by atoms with van der Waals surface area (Å²) in [7, 11) is 1.65. The van der Waals surface area contributed by atoms with E-state index in [4.69, 9.17) is 23.9 Å². The van der Waals surface area contributed by atoms with Gasteiger partial charge in [0.25, 0.3) is 0 Å². The number of nitrogens with one attached hydrogen (secondary N) is 3. The summed E-state index contributed by atoms with van der Waals surface area (Å²) in [6.07, 6.45) is 3.48. The van der Waals surface area contributed by atoms with E-state index in [1.54, 1.807) is 13.3 Å². The molecule has 11 heteroatoms. The Balaban J connectivity index is 1.41. The van der Waals surface area contributed by atoms with Gasteiger partial charge in [-0.2, -0.15) is 5.26 Å². The van der Waals surface area contributed by atoms with Crippen molar-refractivity contribution in [1.29, 1.82) is 5.26 Å². The standard InChI is InChI=1S/C24H30N6O5/c1-32-7-4-26-18-12-19(29-23-20(18)15(13-25)14-27-23)28-17-3-2-16(21-22(17)35-11-10-34-21)24(31)30-5-8-33-9-6-30/h2,12,14,17,24,31H,3-11H2,1H3,(H3,26,27,28,29)/t17?,24-/m0/s1. The minimum Gasteiger partial charge on any atom is -0.488 e. The van der Waals surface area contributed by atoms with Crippen LogP contribution in [0.4, 0.5) is 11.5 Å². The molecule has 0 spiro atoms. The lowest BCUT2D eigenvalue weighted by Crippen LogP contribution is -2.46. The Hall–Kier alpha value is -3.30. The van der Waals surface area contributed by atoms with E-state index in [0.717, 1.165) is 16.6 Å². The summed E-state index contributed by atoms with van der Waals surface area (Å²) in [6.45, 7) is 4.50. The Morgan fingerprint density at radius 1 is 1.31 bits per heavy atom. The van der Waals surface area contributed by atoms with Crippen LogP contribution in [0.25, 0.3) is 11.0 Å². The number of pyridine rings is 1. The Bertz CT molecular complexity index is 1160. The van der Waals surface area contributed by atoms with Crippen LogP contribution in [0.3, 0.4) is 0 Å². The molecule has 35 heavy (non-hydrogen) atoms. The van der Waals surface area contributed by atoms with Gasteiger partial charge in [-0.25, -0.2) is 4.98 Å². The third kappa shape index (κ3) is 4.78. The van der Waals surface area contributed by atoms with Crippen molar-refractivity contribution in [2.24, 2.45) is 0 Å². The second-order valence-electron chi connectivity index (χ2n) is 8.52. The first kappa shape index (κ1) is 23.4. The van der Waals surface area contributed by atoms with Gasteiger partial charge in [-0.3, -0.25) is 4.90 Å². The Morgan fingerprint density at radius 3 is 2.94 bits per heavy atom. The summed E-state index contributed by atoms with van der Waals surface area (Å²) in [6, 6.07) is 3.88. The van der Waals surface area contributed by atoms with Gasteiger partial charge in [0.2, 0.25) is 0 Å². The van der Waals surface area contributed by atoms with Gasteiger partial charge in [-0.15, -0.1) is 0 Å². The molecule has 0 saturated carbocycles. The fourth-order valence-corrected chi connectivity index (χ4v) is 4.63. The molecule has 4 N–H and O–H groups in total. The molecule has 2 aliphatic heterocycles. The van der Waals surface area contributed by atoms with Gasteiger partial charge in [-0.1, -0.05) is 6.08 Å². The molecule has 5 rings (SSSR count). The Kier molecular flexibility index (Phi) is 7.06. The number of hydrogen-bond donors (Lipinski definition) is 4. The highest BCUT2D eigenvalue weighted by molar-refractivity contribution is 5.96. The molecule has 0 bridgehead atoms. The maximum atomic E-state index is 11.0. The fraction of sp³-hybridized carbons (Fsp3) is 0.500. The minimum absolute atomic E-state index is 0.215. The number of methoxy groups -OCH3 is 1. The van der Waals surface area contributed by atoms with Crippen LogP contribution in [0, 0.1) is 11.3 Å². The second kappa shape index (κ2) is 10.5. The molecule has 1 unspecified atom stereocenters. The quantitative estimate of drug-likeness (QED) is 0.410. The van der Waals surface area contributed by atoms with Crippen molar-refractivity contribution in [3.05, 3.63) is 41.0 Å². The van der Waals surface area contributed by atoms with E-state index < -0.39 is 6.23 Å². The van der Waals surface area contributed by atoms with Crippen molar-refractivity contribution < 1.29 is 24.1 Å². The maximum Gasteiger partial charge on any atom is 0.166 e. The summed E-state index contributed by atoms with van der Waals surface area (Å²) >= 11 is 0. The number of hydrogen-bond acceptors (Lipinski definition) is 10. The molecular formula is C24H30N6O5. The van der Waals surface area contributed by atoms with Crippen LogP contribution in [0.5, 0.6) is 0 Å². The topological polar surface area (TPSA) is 137 Å². The van der Waals surface area contributed by atoms with Crippen molar-refractivity contribution in [3.8, 4) is 6.07 Å². The number of fused-ring (bicyclic) bond motifs is 1. The van der Waals surface area contributed by atoms with Crippen LogP contribution >= 0.6 is 0 Å². The smallest absolute Gasteiger partial charge is 0.166 e. The van der Waals surface area contributed by atoms with Gasteiger partial charge in [0, 0.05) is 44.6 Å². The van der Waals surface area contributed by atoms with Crippen LogP contribution in [-0.4, -0.2) is 92.0 Å². The van der Waals surface area contributed by atoms with Crippen LogP contribution in [0.1, 0.15) is 12.0 Å². The van der Waals surface area contributed by atoms with Crippen LogP contribution in [0.2, 0.25) is 0 Å². The number of nitrogens with zero attached hydrogens (tertiary/aromatic N) is 3. The summed E-state index contributed by atoms with van der Waals surface area (Å²) in [5.41, 5.74) is 2.65. The molecule has 186 valence electrons. The molecular weight excluding hydrogens is 452 g/mol. The van der Waals surface area contributed by atoms with E-state index in [2.05, 4.69) is 21.7 Å². The van der Waals surface area contributed by atoms with E-state index in [1.807, 2.05) is 17.0 Å². The highest BCUT2D eigenvalue weighted by Crippen LogP contribution is 2.35. The van der Waals surface area contributed by atoms with E-state index in [0.29, 0.717) is 87.6 Å². The number of aliphatic hydroxyl groups excluding tert-OH is 1. The first-order chi connectivity index (χ1) is 17.2. The third-order valence-electron chi connectivity index (χ3n) is 6.34. The molecule has 3 aliphatic rings. The average molecular weight is 483 g/mol. The van der Waals surface area contributed by atoms with Crippen LogP contribution in [0.15, 0.2) is 35.4 Å². The molecule has 11 nitrogen and oxygen atoms in total. The second-order valence-corrected chi connectivity index (χ2v) is 8.52. The number of aromatic nitrogens is 2. The molecule has 2 aromatic rings. The van der Waals surface area contributed by atoms with Crippen molar-refractivity contribution in [1.82, 2.24) is 14.9 Å². The van der Waals surface area contributed by atoms with Crippen LogP contribution < -0.4 is 10.6 Å². The maximum absolute atomic E-state index is 11.0. The molecule has 2 aromatic heterocycles. The number of nitriles is 1. The number of H-pyrrole nitrogens is 1. The van der Waals surface area contributed by atoms with Crippen molar-refractivity contribution in [3.63, 3.8) is 0 Å². The SMILES string of the molecule is COCCNc1cc(NC2CC=C([C@H](O)N3CCOCC3)C3=C2OCCO3)nc2[nH]cc(C#N)c12. The molecule has 1 aliphatic carbocycles. The number of aliphatic hydroxyl groups is 1. The third-order valence-corrected chi connectivity index (χ3v) is 6.34. The first-order valence-corrected chi connectivity index (χ1v) is 11.8. The van der Waals surface area contributed by atoms with E-state index in [1.165, 1.54) is 0 Å². The summed E-state index contributed by atoms with van der Waals surface area (Å²) in [5, 5.41) is 28.1. The zero-order valence-electron chi connectivity index (χ0n) is 19.7. The molecule has 0 aromatic carbocycles. The Labute approximate surface area is 203 Å². The molecule has 2 atom stereocenters. The van der Waals surface area contributed by atoms with E-state index >= 15 is 0 Å². The van der Waals surface area contributed by atoms with Crippen molar-refractivity contribution in [2.45, 2.75) is 18.7 Å². The fourth-order valence-electron chi connectivity index (χ4n) is 4.63. The molecule has 1 fully saturated rings. The van der Waals surface area contributed by atoms with Gasteiger partial charge >= 0.3 is 0 Å². The zero-order valence-corrected chi connectivity index (χ0v) is 19.7. The molecule has 0 radical (unpaired) electrons. The lowest BCUT2D eigenvalue weighted by Gasteiger charge is -2.37. The average Bonchev–Trinajstić information content (AvgIpc) is 3.32.